The summed E-state index contributed by atoms with van der Waals surface area (Å²) in [5.41, 5.74) is 6.36. The summed E-state index contributed by atoms with van der Waals surface area (Å²) in [5.74, 6) is -0.253. The van der Waals surface area contributed by atoms with E-state index in [1.54, 1.807) is 17.1 Å². The van der Waals surface area contributed by atoms with Crippen LogP contribution in [0.25, 0.3) is 10.9 Å². The number of hydrogen-bond donors (Lipinski definition) is 1. The lowest BCUT2D eigenvalue weighted by atomic mass is 10.1. The normalized spacial score (nSPS) is 11.0. The molecule has 3 aromatic heterocycles. The highest BCUT2D eigenvalue weighted by atomic mass is 16.2. The molecule has 146 valence electrons. The summed E-state index contributed by atoms with van der Waals surface area (Å²) in [7, 11) is 0. The van der Waals surface area contributed by atoms with E-state index in [0.29, 0.717) is 18.8 Å². The Hall–Kier alpha value is -3.61. The van der Waals surface area contributed by atoms with Crippen molar-refractivity contribution in [1.82, 2.24) is 30.3 Å². The molecule has 1 aromatic carbocycles. The van der Waals surface area contributed by atoms with E-state index in [0.717, 1.165) is 39.0 Å². The van der Waals surface area contributed by atoms with Gasteiger partial charge in [0, 0.05) is 29.5 Å². The van der Waals surface area contributed by atoms with Crippen molar-refractivity contribution < 1.29 is 4.79 Å². The van der Waals surface area contributed by atoms with Gasteiger partial charge in [0.05, 0.1) is 18.3 Å². The number of aromatic nitrogens is 5. The Bertz CT molecular complexity index is 1180. The van der Waals surface area contributed by atoms with Crippen LogP contribution in [-0.4, -0.2) is 30.9 Å². The molecule has 4 aromatic rings. The predicted octanol–water partition coefficient (Wildman–Crippen LogP) is 3.12. The van der Waals surface area contributed by atoms with Crippen molar-refractivity contribution in [2.45, 2.75) is 33.9 Å². The van der Waals surface area contributed by atoms with Crippen LogP contribution >= 0.6 is 0 Å². The van der Waals surface area contributed by atoms with Gasteiger partial charge in [0.15, 0.2) is 5.69 Å². The van der Waals surface area contributed by atoms with Crippen LogP contribution < -0.4 is 5.32 Å². The van der Waals surface area contributed by atoms with Crippen LogP contribution in [0, 0.1) is 20.8 Å². The number of benzene rings is 1. The average molecular weight is 386 g/mol. The molecule has 4 rings (SSSR count). The Kier molecular flexibility index (Phi) is 5.03. The molecular formula is C22H22N6O. The molecule has 29 heavy (non-hydrogen) atoms. The predicted molar refractivity (Wildman–Crippen MR) is 110 cm³/mol. The van der Waals surface area contributed by atoms with Gasteiger partial charge in [-0.3, -0.25) is 14.8 Å². The lowest BCUT2D eigenvalue weighted by Gasteiger charge is -2.09. The largest absolute Gasteiger partial charge is 0.346 e. The molecule has 3 heterocycles. The standard InChI is InChI=1S/C22H22N6O/c1-14-8-9-23-16(3)19(14)11-24-22(29)21-13-28(27-26-21)12-17-5-7-20-18(10-17)6-4-15(2)25-20/h4-10,13H,11-12H2,1-3H3,(H,24,29). The van der Waals surface area contributed by atoms with Crippen LogP contribution in [0.15, 0.2) is 48.8 Å². The van der Waals surface area contributed by atoms with Crippen LogP contribution in [0.4, 0.5) is 0 Å². The number of nitrogens with one attached hydrogen (secondary N) is 1. The number of amides is 1. The Balaban J connectivity index is 1.44. The number of nitrogens with zero attached hydrogens (tertiary/aromatic N) is 5. The molecule has 0 saturated heterocycles. The summed E-state index contributed by atoms with van der Waals surface area (Å²) >= 11 is 0. The first-order chi connectivity index (χ1) is 14.0. The fourth-order valence-corrected chi connectivity index (χ4v) is 3.29. The number of rotatable bonds is 5. The highest BCUT2D eigenvalue weighted by molar-refractivity contribution is 5.91. The average Bonchev–Trinajstić information content (AvgIpc) is 3.16. The fraction of sp³-hybridized carbons (Fsp3) is 0.227. The first-order valence-electron chi connectivity index (χ1n) is 9.45. The third-order valence-corrected chi connectivity index (χ3v) is 4.94. The minimum Gasteiger partial charge on any atom is -0.346 e. The summed E-state index contributed by atoms with van der Waals surface area (Å²) in [6.45, 7) is 6.86. The van der Waals surface area contributed by atoms with Crippen LogP contribution in [-0.2, 0) is 13.1 Å². The van der Waals surface area contributed by atoms with Gasteiger partial charge in [-0.15, -0.1) is 5.10 Å². The van der Waals surface area contributed by atoms with Crippen molar-refractivity contribution in [3.8, 4) is 0 Å². The fourth-order valence-electron chi connectivity index (χ4n) is 3.29. The highest BCUT2D eigenvalue weighted by Crippen LogP contribution is 2.16. The maximum Gasteiger partial charge on any atom is 0.273 e. The second kappa shape index (κ2) is 7.79. The van der Waals surface area contributed by atoms with E-state index in [1.807, 2.05) is 45.0 Å². The summed E-state index contributed by atoms with van der Waals surface area (Å²) in [5, 5.41) is 12.1. The second-order valence-electron chi connectivity index (χ2n) is 7.16. The number of hydrogen-bond acceptors (Lipinski definition) is 5. The van der Waals surface area contributed by atoms with Gasteiger partial charge in [0.2, 0.25) is 0 Å². The van der Waals surface area contributed by atoms with Gasteiger partial charge >= 0.3 is 0 Å². The van der Waals surface area contributed by atoms with Crippen LogP contribution in [0.2, 0.25) is 0 Å². The van der Waals surface area contributed by atoms with Crippen molar-refractivity contribution in [3.63, 3.8) is 0 Å². The van der Waals surface area contributed by atoms with E-state index in [2.05, 4.69) is 37.7 Å². The zero-order valence-electron chi connectivity index (χ0n) is 16.7. The molecule has 7 heteroatoms. The van der Waals surface area contributed by atoms with Gasteiger partial charge in [0.1, 0.15) is 0 Å². The van der Waals surface area contributed by atoms with E-state index in [9.17, 15) is 4.79 Å². The summed E-state index contributed by atoms with van der Waals surface area (Å²) in [4.78, 5) is 21.3. The third-order valence-electron chi connectivity index (χ3n) is 4.94. The molecule has 0 unspecified atom stereocenters. The molecule has 0 atom stereocenters. The maximum absolute atomic E-state index is 12.5. The summed E-state index contributed by atoms with van der Waals surface area (Å²) < 4.78 is 1.66. The van der Waals surface area contributed by atoms with Crippen molar-refractivity contribution in [2.24, 2.45) is 0 Å². The van der Waals surface area contributed by atoms with E-state index in [4.69, 9.17) is 0 Å². The summed E-state index contributed by atoms with van der Waals surface area (Å²) in [6.07, 6.45) is 3.43. The summed E-state index contributed by atoms with van der Waals surface area (Å²) in [6, 6.07) is 12.1. The first-order valence-corrected chi connectivity index (χ1v) is 9.45. The van der Waals surface area contributed by atoms with E-state index < -0.39 is 0 Å². The number of carbonyl (C=O) groups excluding carboxylic acids is 1. The number of aryl methyl sites for hydroxylation is 3. The Labute approximate surface area is 168 Å². The van der Waals surface area contributed by atoms with Gasteiger partial charge in [-0.05, 0) is 61.7 Å². The van der Waals surface area contributed by atoms with Gasteiger partial charge in [-0.2, -0.15) is 0 Å². The Morgan fingerprint density at radius 3 is 2.79 bits per heavy atom. The van der Waals surface area contributed by atoms with Crippen molar-refractivity contribution >= 4 is 16.8 Å². The molecule has 1 amide bonds. The molecule has 0 aliphatic heterocycles. The lowest BCUT2D eigenvalue weighted by Crippen LogP contribution is -2.24. The number of pyridine rings is 2. The molecule has 0 aliphatic carbocycles. The van der Waals surface area contributed by atoms with Crippen LogP contribution in [0.1, 0.15) is 38.6 Å². The van der Waals surface area contributed by atoms with E-state index in [-0.39, 0.29) is 5.91 Å². The zero-order valence-corrected chi connectivity index (χ0v) is 16.7. The first kappa shape index (κ1) is 18.7. The monoisotopic (exact) mass is 386 g/mol. The second-order valence-corrected chi connectivity index (χ2v) is 7.16. The number of fused-ring (bicyclic) bond motifs is 1. The van der Waals surface area contributed by atoms with Crippen molar-refractivity contribution in [2.75, 3.05) is 0 Å². The molecule has 0 bridgehead atoms. The molecule has 0 spiro atoms. The van der Waals surface area contributed by atoms with Crippen molar-refractivity contribution in [3.05, 3.63) is 82.6 Å². The van der Waals surface area contributed by atoms with Gasteiger partial charge in [-0.25, -0.2) is 4.68 Å². The van der Waals surface area contributed by atoms with Crippen LogP contribution in [0.3, 0.4) is 0 Å². The van der Waals surface area contributed by atoms with Crippen molar-refractivity contribution in [1.29, 1.82) is 0 Å². The molecular weight excluding hydrogens is 364 g/mol. The molecule has 7 nitrogen and oxygen atoms in total. The lowest BCUT2D eigenvalue weighted by molar-refractivity contribution is 0.0945. The number of carbonyl (C=O) groups is 1. The van der Waals surface area contributed by atoms with E-state index in [1.165, 1.54) is 0 Å². The Morgan fingerprint density at radius 2 is 1.97 bits per heavy atom. The molecule has 0 aliphatic rings. The molecule has 1 N–H and O–H groups in total. The Morgan fingerprint density at radius 1 is 1.10 bits per heavy atom. The molecule has 0 saturated carbocycles. The maximum atomic E-state index is 12.5. The minimum absolute atomic E-state index is 0.253. The molecule has 0 radical (unpaired) electrons. The van der Waals surface area contributed by atoms with Crippen LogP contribution in [0.5, 0.6) is 0 Å². The SMILES string of the molecule is Cc1ccc2cc(Cn3cc(C(=O)NCc4c(C)ccnc4C)nn3)ccc2n1. The highest BCUT2D eigenvalue weighted by Gasteiger charge is 2.12. The quantitative estimate of drug-likeness (QED) is 0.570. The molecule has 0 fully saturated rings. The third kappa shape index (κ3) is 4.13. The van der Waals surface area contributed by atoms with E-state index >= 15 is 0 Å². The van der Waals surface area contributed by atoms with Gasteiger partial charge in [-0.1, -0.05) is 17.3 Å². The van der Waals surface area contributed by atoms with Gasteiger partial charge < -0.3 is 5.32 Å². The van der Waals surface area contributed by atoms with Gasteiger partial charge in [0.25, 0.3) is 5.91 Å². The zero-order chi connectivity index (χ0) is 20.4. The smallest absolute Gasteiger partial charge is 0.273 e. The topological polar surface area (TPSA) is 85.6 Å². The minimum atomic E-state index is -0.253.